The van der Waals surface area contributed by atoms with Crippen LogP contribution in [0.3, 0.4) is 0 Å². The van der Waals surface area contributed by atoms with Gasteiger partial charge in [-0.2, -0.15) is 0 Å². The van der Waals surface area contributed by atoms with Crippen molar-refractivity contribution in [2.24, 2.45) is 0 Å². The molecule has 35 heavy (non-hydrogen) atoms. The molecule has 4 rings (SSSR count). The summed E-state index contributed by atoms with van der Waals surface area (Å²) in [6, 6.07) is 16.4. The third-order valence-corrected chi connectivity index (χ3v) is 6.39. The summed E-state index contributed by atoms with van der Waals surface area (Å²) in [5, 5.41) is 20.9. The Hall–Kier alpha value is -4.20. The second-order valence-corrected chi connectivity index (χ2v) is 8.61. The summed E-state index contributed by atoms with van der Waals surface area (Å²) < 4.78 is 0. The molecule has 2 aliphatic heterocycles. The Labute approximate surface area is 202 Å². The van der Waals surface area contributed by atoms with Crippen LogP contribution in [-0.4, -0.2) is 56.5 Å². The fourth-order valence-electron chi connectivity index (χ4n) is 4.86. The van der Waals surface area contributed by atoms with Crippen LogP contribution >= 0.6 is 0 Å². The highest BCUT2D eigenvalue weighted by molar-refractivity contribution is 6.09. The van der Waals surface area contributed by atoms with E-state index in [1.165, 1.54) is 23.6 Å². The maximum atomic E-state index is 12.9. The summed E-state index contributed by atoms with van der Waals surface area (Å²) >= 11 is 0. The summed E-state index contributed by atoms with van der Waals surface area (Å²) in [6.07, 6.45) is 0.293. The van der Waals surface area contributed by atoms with Crippen molar-refractivity contribution in [3.63, 3.8) is 0 Å². The Morgan fingerprint density at radius 3 is 1.34 bits per heavy atom. The van der Waals surface area contributed by atoms with Crippen molar-refractivity contribution in [1.29, 1.82) is 0 Å². The lowest BCUT2D eigenvalue weighted by atomic mass is 9.96. The van der Waals surface area contributed by atoms with Crippen LogP contribution in [0.15, 0.2) is 83.3 Å². The van der Waals surface area contributed by atoms with Crippen LogP contribution in [0.5, 0.6) is 0 Å². The zero-order chi connectivity index (χ0) is 25.3. The number of carbonyl (C=O) groups excluding carboxylic acids is 4. The zero-order valence-electron chi connectivity index (χ0n) is 19.5. The minimum Gasteiger partial charge on any atom is -0.503 e. The normalized spacial score (nSPS) is 20.3. The molecule has 2 aromatic rings. The standard InChI is InChI=1S/C27H26N2O6/c1-16(30)20-22(18-10-5-3-6-11-18)28(26(34)24(20)32)14-9-15-29-23(19-12-7-4-8-13-19)21(17(2)31)25(33)27(29)35/h3-8,10-13,22-23,32-33H,9,14-15H2,1-2H3/t22-,23-/m0/s1. The van der Waals surface area contributed by atoms with Gasteiger partial charge >= 0.3 is 0 Å². The molecule has 0 aliphatic carbocycles. The SMILES string of the molecule is CC(=O)C1=C(O)C(=O)N(CCCN2C(=O)C(O)=C(C(C)=O)[C@@H]2c2ccccc2)[C@H]1c1ccccc1. The summed E-state index contributed by atoms with van der Waals surface area (Å²) in [7, 11) is 0. The van der Waals surface area contributed by atoms with Crippen LogP contribution in [0, 0.1) is 0 Å². The number of ketones is 2. The molecular weight excluding hydrogens is 448 g/mol. The summed E-state index contributed by atoms with van der Waals surface area (Å²) in [5.41, 5.74) is 1.46. The number of Topliss-reactive ketones (excluding diaryl/α,β-unsaturated/α-hetero) is 2. The highest BCUT2D eigenvalue weighted by Crippen LogP contribution is 2.39. The van der Waals surface area contributed by atoms with E-state index in [2.05, 4.69) is 0 Å². The van der Waals surface area contributed by atoms with Gasteiger partial charge in [-0.3, -0.25) is 19.2 Å². The highest BCUT2D eigenvalue weighted by atomic mass is 16.3. The number of benzene rings is 2. The first-order valence-corrected chi connectivity index (χ1v) is 11.3. The van der Waals surface area contributed by atoms with E-state index in [0.29, 0.717) is 17.5 Å². The fourth-order valence-corrected chi connectivity index (χ4v) is 4.86. The first kappa shape index (κ1) is 23.9. The number of carbonyl (C=O) groups is 4. The monoisotopic (exact) mass is 474 g/mol. The van der Waals surface area contributed by atoms with Crippen molar-refractivity contribution in [2.45, 2.75) is 32.4 Å². The molecule has 2 amide bonds. The molecule has 0 bridgehead atoms. The number of aliphatic hydroxyl groups excluding tert-OH is 2. The molecule has 0 aromatic heterocycles. The van der Waals surface area contributed by atoms with E-state index in [4.69, 9.17) is 0 Å². The Morgan fingerprint density at radius 2 is 1.03 bits per heavy atom. The van der Waals surface area contributed by atoms with Gasteiger partial charge in [-0.1, -0.05) is 60.7 Å². The van der Waals surface area contributed by atoms with Gasteiger partial charge < -0.3 is 20.0 Å². The number of nitrogens with zero attached hydrogens (tertiary/aromatic N) is 2. The molecule has 0 fully saturated rings. The molecule has 180 valence electrons. The molecule has 0 unspecified atom stereocenters. The van der Waals surface area contributed by atoms with E-state index in [0.717, 1.165) is 0 Å². The summed E-state index contributed by atoms with van der Waals surface area (Å²) in [5.74, 6) is -3.23. The van der Waals surface area contributed by atoms with Gasteiger partial charge in [-0.15, -0.1) is 0 Å². The van der Waals surface area contributed by atoms with E-state index in [1.807, 2.05) is 12.1 Å². The van der Waals surface area contributed by atoms with E-state index in [9.17, 15) is 29.4 Å². The van der Waals surface area contributed by atoms with Gasteiger partial charge in [0, 0.05) is 13.1 Å². The average Bonchev–Trinajstić information content (AvgIpc) is 3.25. The van der Waals surface area contributed by atoms with Gasteiger partial charge in [0.1, 0.15) is 0 Å². The Morgan fingerprint density at radius 1 is 0.686 bits per heavy atom. The molecule has 0 saturated carbocycles. The highest BCUT2D eigenvalue weighted by Gasteiger charge is 2.44. The summed E-state index contributed by atoms with van der Waals surface area (Å²) in [6.45, 7) is 2.90. The van der Waals surface area contributed by atoms with Gasteiger partial charge in [-0.05, 0) is 31.4 Å². The lowest BCUT2D eigenvalue weighted by Gasteiger charge is -2.30. The summed E-state index contributed by atoms with van der Waals surface area (Å²) in [4.78, 5) is 53.1. The Balaban J connectivity index is 1.57. The number of hydrogen-bond donors (Lipinski definition) is 2. The maximum absolute atomic E-state index is 12.9. The van der Waals surface area contributed by atoms with Crippen LogP contribution in [0.25, 0.3) is 0 Å². The largest absolute Gasteiger partial charge is 0.503 e. The van der Waals surface area contributed by atoms with E-state index >= 15 is 0 Å². The molecule has 0 spiro atoms. The molecule has 8 heteroatoms. The van der Waals surface area contributed by atoms with Crippen LogP contribution in [0.4, 0.5) is 0 Å². The molecule has 8 nitrogen and oxygen atoms in total. The molecule has 2 N–H and O–H groups in total. The second-order valence-electron chi connectivity index (χ2n) is 8.61. The van der Waals surface area contributed by atoms with Crippen LogP contribution in [0.2, 0.25) is 0 Å². The maximum Gasteiger partial charge on any atom is 0.290 e. The number of rotatable bonds is 8. The second kappa shape index (κ2) is 9.58. The molecule has 0 saturated heterocycles. The third-order valence-electron chi connectivity index (χ3n) is 6.39. The lowest BCUT2D eigenvalue weighted by Crippen LogP contribution is -2.36. The van der Waals surface area contributed by atoms with Crippen LogP contribution < -0.4 is 0 Å². The fraction of sp³-hybridized carbons (Fsp3) is 0.259. The number of amides is 2. The minimum absolute atomic E-state index is 0.0405. The van der Waals surface area contributed by atoms with Gasteiger partial charge in [-0.25, -0.2) is 0 Å². The Kier molecular flexibility index (Phi) is 6.55. The minimum atomic E-state index is -0.736. The van der Waals surface area contributed by atoms with Crippen LogP contribution in [0.1, 0.15) is 43.5 Å². The van der Waals surface area contributed by atoms with E-state index < -0.39 is 47.0 Å². The van der Waals surface area contributed by atoms with Gasteiger partial charge in [0.05, 0.1) is 23.2 Å². The first-order chi connectivity index (χ1) is 16.7. The molecule has 2 atom stereocenters. The van der Waals surface area contributed by atoms with Gasteiger partial charge in [0.2, 0.25) is 0 Å². The quantitative estimate of drug-likeness (QED) is 0.606. The van der Waals surface area contributed by atoms with Crippen molar-refractivity contribution in [3.8, 4) is 0 Å². The zero-order valence-corrected chi connectivity index (χ0v) is 19.5. The molecule has 2 aliphatic rings. The third kappa shape index (κ3) is 4.23. The average molecular weight is 475 g/mol. The van der Waals surface area contributed by atoms with Gasteiger partial charge in [0.25, 0.3) is 11.8 Å². The predicted octanol–water partition coefficient (Wildman–Crippen LogP) is 3.35. The predicted molar refractivity (Wildman–Crippen MR) is 127 cm³/mol. The van der Waals surface area contributed by atoms with Crippen molar-refractivity contribution in [3.05, 3.63) is 94.5 Å². The molecule has 0 radical (unpaired) electrons. The lowest BCUT2D eigenvalue weighted by molar-refractivity contribution is -0.130. The van der Waals surface area contributed by atoms with Crippen LogP contribution in [-0.2, 0) is 19.2 Å². The van der Waals surface area contributed by atoms with E-state index in [-0.39, 0.29) is 24.2 Å². The van der Waals surface area contributed by atoms with Crippen molar-refractivity contribution >= 4 is 23.4 Å². The smallest absolute Gasteiger partial charge is 0.290 e. The first-order valence-electron chi connectivity index (χ1n) is 11.3. The number of aliphatic hydroxyl groups is 2. The van der Waals surface area contributed by atoms with Crippen molar-refractivity contribution < 1.29 is 29.4 Å². The van der Waals surface area contributed by atoms with E-state index in [1.54, 1.807) is 48.5 Å². The van der Waals surface area contributed by atoms with Crippen molar-refractivity contribution in [2.75, 3.05) is 13.1 Å². The van der Waals surface area contributed by atoms with Gasteiger partial charge in [0.15, 0.2) is 23.1 Å². The Bertz CT molecular complexity index is 1150. The number of hydrogen-bond acceptors (Lipinski definition) is 6. The molecular formula is C27H26N2O6. The topological polar surface area (TPSA) is 115 Å². The molecule has 2 heterocycles. The van der Waals surface area contributed by atoms with Crippen molar-refractivity contribution in [1.82, 2.24) is 9.80 Å². The molecule has 2 aromatic carbocycles.